The Balaban J connectivity index is 2.21. The molecule has 3 aromatic rings. The van der Waals surface area contributed by atoms with Gasteiger partial charge in [0.2, 0.25) is 6.41 Å². The largest absolute Gasteiger partial charge is 0.437 e. The number of nitrogens with zero attached hydrogens (tertiary/aromatic N) is 2. The van der Waals surface area contributed by atoms with Crippen molar-refractivity contribution >= 4 is 23.4 Å². The van der Waals surface area contributed by atoms with Crippen LogP contribution in [-0.4, -0.2) is 16.2 Å². The smallest absolute Gasteiger partial charge is 0.325 e. The first-order valence-electron chi connectivity index (χ1n) is 7.32. The van der Waals surface area contributed by atoms with E-state index in [1.165, 1.54) is 18.4 Å². The number of nitrogens with one attached hydrogen (secondary N) is 1. The molecule has 0 saturated carbocycles. The predicted molar refractivity (Wildman–Crippen MR) is 91.4 cm³/mol. The molecule has 1 N–H and O–H groups in total. The second-order valence-corrected chi connectivity index (χ2v) is 6.40. The lowest BCUT2D eigenvalue weighted by atomic mass is 10.0. The maximum Gasteiger partial charge on any atom is 0.437 e. The molecule has 1 aromatic carbocycles. The average Bonchev–Trinajstić information content (AvgIpc) is 3.12. The lowest BCUT2D eigenvalue weighted by Gasteiger charge is -2.09. The van der Waals surface area contributed by atoms with Crippen LogP contribution in [0, 0.1) is 6.92 Å². The highest BCUT2D eigenvalue weighted by molar-refractivity contribution is 7.14. The fourth-order valence-electron chi connectivity index (χ4n) is 2.63. The second-order valence-electron chi connectivity index (χ2n) is 5.49. The van der Waals surface area contributed by atoms with E-state index in [-0.39, 0.29) is 17.8 Å². The summed E-state index contributed by atoms with van der Waals surface area (Å²) in [5.41, 5.74) is 1.54. The van der Waals surface area contributed by atoms with Crippen LogP contribution in [0.5, 0.6) is 0 Å². The van der Waals surface area contributed by atoms with E-state index < -0.39 is 11.9 Å². The molecule has 0 radical (unpaired) electrons. The Kier molecular flexibility index (Phi) is 4.38. The van der Waals surface area contributed by atoms with E-state index in [1.54, 1.807) is 5.38 Å². The van der Waals surface area contributed by atoms with Gasteiger partial charge < -0.3 is 5.32 Å². The van der Waals surface area contributed by atoms with Gasteiger partial charge in [-0.25, -0.2) is 0 Å². The van der Waals surface area contributed by atoms with Crippen LogP contribution >= 0.6 is 11.3 Å². The highest BCUT2D eigenvalue weighted by atomic mass is 32.1. The van der Waals surface area contributed by atoms with Gasteiger partial charge in [0.05, 0.1) is 4.88 Å². The molecular weight excluding hydrogens is 351 g/mol. The standard InChI is InChI=1S/C17H14F3N3OS/c1-10-3-5-11(6-4-10)12-7-8-25-15(12)14-13(21-9-24)16(17(18,19)20)22-23(14)2/h3-9H,1-2H3,(H,21,24). The Bertz CT molecular complexity index is 910. The number of halogens is 3. The summed E-state index contributed by atoms with van der Waals surface area (Å²) >= 11 is 1.30. The van der Waals surface area contributed by atoms with Crippen LogP contribution in [-0.2, 0) is 18.0 Å². The van der Waals surface area contributed by atoms with E-state index in [1.807, 2.05) is 37.3 Å². The van der Waals surface area contributed by atoms with Crippen molar-refractivity contribution < 1.29 is 18.0 Å². The van der Waals surface area contributed by atoms with Crippen molar-refractivity contribution in [1.82, 2.24) is 9.78 Å². The normalized spacial score (nSPS) is 11.6. The van der Waals surface area contributed by atoms with Gasteiger partial charge in [-0.05, 0) is 23.9 Å². The molecular formula is C17H14F3N3OS. The van der Waals surface area contributed by atoms with Gasteiger partial charge in [0.25, 0.3) is 0 Å². The van der Waals surface area contributed by atoms with Gasteiger partial charge in [0.15, 0.2) is 5.69 Å². The summed E-state index contributed by atoms with van der Waals surface area (Å²) in [6.45, 7) is 1.96. The van der Waals surface area contributed by atoms with E-state index >= 15 is 0 Å². The molecule has 0 atom stereocenters. The Morgan fingerprint density at radius 2 is 1.88 bits per heavy atom. The number of alkyl halides is 3. The summed E-state index contributed by atoms with van der Waals surface area (Å²) in [6.07, 6.45) is -4.43. The molecule has 1 amide bonds. The fourth-order valence-corrected chi connectivity index (χ4v) is 3.63. The summed E-state index contributed by atoms with van der Waals surface area (Å²) in [4.78, 5) is 11.5. The summed E-state index contributed by atoms with van der Waals surface area (Å²) < 4.78 is 40.9. The quantitative estimate of drug-likeness (QED) is 0.681. The molecule has 25 heavy (non-hydrogen) atoms. The minimum Gasteiger partial charge on any atom is -0.325 e. The van der Waals surface area contributed by atoms with Crippen molar-refractivity contribution in [1.29, 1.82) is 0 Å². The Morgan fingerprint density at radius 1 is 1.20 bits per heavy atom. The number of rotatable bonds is 4. The van der Waals surface area contributed by atoms with Gasteiger partial charge in [-0.3, -0.25) is 9.48 Å². The fraction of sp³-hybridized carbons (Fsp3) is 0.176. The molecule has 0 aliphatic rings. The Morgan fingerprint density at radius 3 is 2.48 bits per heavy atom. The number of carbonyl (C=O) groups excluding carboxylic acids is 1. The molecule has 130 valence electrons. The van der Waals surface area contributed by atoms with Crippen molar-refractivity contribution in [2.75, 3.05) is 5.32 Å². The van der Waals surface area contributed by atoms with Gasteiger partial charge in [-0.2, -0.15) is 18.3 Å². The third-order valence-corrected chi connectivity index (χ3v) is 4.68. The van der Waals surface area contributed by atoms with E-state index in [4.69, 9.17) is 0 Å². The number of aromatic nitrogens is 2. The molecule has 3 rings (SSSR count). The minimum absolute atomic E-state index is 0.227. The van der Waals surface area contributed by atoms with Crippen LogP contribution in [0.2, 0.25) is 0 Å². The summed E-state index contributed by atoms with van der Waals surface area (Å²) in [7, 11) is 1.43. The van der Waals surface area contributed by atoms with Crippen LogP contribution in [0.1, 0.15) is 11.3 Å². The number of hydrogen-bond acceptors (Lipinski definition) is 3. The maximum absolute atomic E-state index is 13.2. The molecule has 0 bridgehead atoms. The van der Waals surface area contributed by atoms with E-state index in [2.05, 4.69) is 10.4 Å². The summed E-state index contributed by atoms with van der Waals surface area (Å²) in [5, 5.41) is 7.55. The number of amides is 1. The van der Waals surface area contributed by atoms with Gasteiger partial charge in [0.1, 0.15) is 11.4 Å². The zero-order chi connectivity index (χ0) is 18.2. The highest BCUT2D eigenvalue weighted by Crippen LogP contribution is 2.44. The first-order chi connectivity index (χ1) is 11.8. The molecule has 2 aromatic heterocycles. The van der Waals surface area contributed by atoms with Gasteiger partial charge in [0, 0.05) is 12.6 Å². The number of benzene rings is 1. The molecule has 2 heterocycles. The molecule has 8 heteroatoms. The molecule has 4 nitrogen and oxygen atoms in total. The van der Waals surface area contributed by atoms with Crippen molar-refractivity contribution in [3.63, 3.8) is 0 Å². The third-order valence-electron chi connectivity index (χ3n) is 3.76. The van der Waals surface area contributed by atoms with Crippen LogP contribution in [0.15, 0.2) is 35.7 Å². The molecule has 0 unspecified atom stereocenters. The summed E-state index contributed by atoms with van der Waals surface area (Å²) in [5.74, 6) is 0. The van der Waals surface area contributed by atoms with Crippen LogP contribution in [0.4, 0.5) is 18.9 Å². The number of anilines is 1. The summed E-state index contributed by atoms with van der Waals surface area (Å²) in [6, 6.07) is 9.54. The van der Waals surface area contributed by atoms with Gasteiger partial charge in [-0.1, -0.05) is 29.8 Å². The third kappa shape index (κ3) is 3.17. The first kappa shape index (κ1) is 17.2. The topological polar surface area (TPSA) is 46.9 Å². The minimum atomic E-state index is -4.66. The average molecular weight is 365 g/mol. The van der Waals surface area contributed by atoms with Crippen LogP contribution in [0.25, 0.3) is 21.7 Å². The second kappa shape index (κ2) is 6.36. The Labute approximate surface area is 145 Å². The van der Waals surface area contributed by atoms with Crippen molar-refractivity contribution in [2.24, 2.45) is 7.05 Å². The van der Waals surface area contributed by atoms with Crippen molar-refractivity contribution in [3.8, 4) is 21.7 Å². The molecule has 0 spiro atoms. The highest BCUT2D eigenvalue weighted by Gasteiger charge is 2.39. The first-order valence-corrected chi connectivity index (χ1v) is 8.20. The van der Waals surface area contributed by atoms with Gasteiger partial charge >= 0.3 is 6.18 Å². The molecule has 0 saturated heterocycles. The van der Waals surface area contributed by atoms with Crippen LogP contribution in [0.3, 0.4) is 0 Å². The number of hydrogen-bond donors (Lipinski definition) is 1. The van der Waals surface area contributed by atoms with E-state index in [0.29, 0.717) is 4.88 Å². The maximum atomic E-state index is 13.2. The number of carbonyl (C=O) groups is 1. The zero-order valence-electron chi connectivity index (χ0n) is 13.4. The van der Waals surface area contributed by atoms with Crippen molar-refractivity contribution in [3.05, 3.63) is 47.0 Å². The number of aryl methyl sites for hydroxylation is 2. The number of thiophene rings is 1. The SMILES string of the molecule is Cc1ccc(-c2ccsc2-c2c(NC=O)c(C(F)(F)F)nn2C)cc1. The lowest BCUT2D eigenvalue weighted by molar-refractivity contribution is -0.140. The predicted octanol–water partition coefficient (Wildman–Crippen LogP) is 4.71. The molecule has 0 fully saturated rings. The molecule has 0 aliphatic heterocycles. The van der Waals surface area contributed by atoms with Crippen LogP contribution < -0.4 is 5.32 Å². The lowest BCUT2D eigenvalue weighted by Crippen LogP contribution is -2.10. The Hall–Kier alpha value is -2.61. The zero-order valence-corrected chi connectivity index (χ0v) is 14.2. The van der Waals surface area contributed by atoms with Crippen molar-refractivity contribution in [2.45, 2.75) is 13.1 Å². The van der Waals surface area contributed by atoms with Gasteiger partial charge in [-0.15, -0.1) is 11.3 Å². The molecule has 0 aliphatic carbocycles. The van der Waals surface area contributed by atoms with E-state index in [9.17, 15) is 18.0 Å². The monoisotopic (exact) mass is 365 g/mol. The van der Waals surface area contributed by atoms with E-state index in [0.717, 1.165) is 21.4 Å².